The average Bonchev–Trinajstić information content (AvgIpc) is 2.89. The van der Waals surface area contributed by atoms with Crippen LogP contribution in [0, 0.1) is 29.6 Å². The Morgan fingerprint density at radius 1 is 1.47 bits per heavy atom. The molecule has 0 unspecified atom stereocenters. The molecule has 0 spiro atoms. The van der Waals surface area contributed by atoms with E-state index in [-0.39, 0.29) is 5.69 Å². The monoisotopic (exact) mass is 272 g/mol. The number of nitrogen functional groups attached to an aromatic ring is 1. The summed E-state index contributed by atoms with van der Waals surface area (Å²) in [6.45, 7) is 2.51. The van der Waals surface area contributed by atoms with Gasteiger partial charge < -0.3 is 11.1 Å². The molecular formula is C12H12N6S. The van der Waals surface area contributed by atoms with Gasteiger partial charge in [-0.05, 0) is 6.92 Å². The molecule has 0 aliphatic heterocycles. The molecule has 0 bridgehead atoms. The zero-order chi connectivity index (χ0) is 14.0. The minimum absolute atomic E-state index is 0.250. The molecule has 0 amide bonds. The summed E-state index contributed by atoms with van der Waals surface area (Å²) in [5.74, 6) is 0. The van der Waals surface area contributed by atoms with Crippen molar-refractivity contribution in [2.24, 2.45) is 7.05 Å². The molecule has 0 aliphatic carbocycles. The van der Waals surface area contributed by atoms with Gasteiger partial charge >= 0.3 is 0 Å². The van der Waals surface area contributed by atoms with Crippen LogP contribution in [0.5, 0.6) is 0 Å². The van der Waals surface area contributed by atoms with Crippen LogP contribution in [0.15, 0.2) is 6.20 Å². The number of nitrogens with one attached hydrogen (secondary N) is 1. The van der Waals surface area contributed by atoms with Crippen molar-refractivity contribution in [2.75, 3.05) is 11.1 Å². The lowest BCUT2D eigenvalue weighted by Gasteiger charge is -2.04. The van der Waals surface area contributed by atoms with Gasteiger partial charge in [0, 0.05) is 24.8 Å². The Morgan fingerprint density at radius 2 is 2.21 bits per heavy atom. The van der Waals surface area contributed by atoms with Crippen LogP contribution < -0.4 is 11.1 Å². The lowest BCUT2D eigenvalue weighted by atomic mass is 10.2. The summed E-state index contributed by atoms with van der Waals surface area (Å²) in [4.78, 5) is 0.363. The Bertz CT molecular complexity index is 697. The summed E-state index contributed by atoms with van der Waals surface area (Å²) >= 11 is 1.20. The fourth-order valence-corrected chi connectivity index (χ4v) is 2.52. The summed E-state index contributed by atoms with van der Waals surface area (Å²) in [7, 11) is 1.87. The first-order valence-electron chi connectivity index (χ1n) is 5.52. The SMILES string of the molecule is Cc1c(CNc2sc(C#N)c(N)c2C#N)cnn1C. The lowest BCUT2D eigenvalue weighted by Crippen LogP contribution is -2.01. The number of anilines is 2. The van der Waals surface area contributed by atoms with Crippen molar-refractivity contribution < 1.29 is 0 Å². The highest BCUT2D eigenvalue weighted by atomic mass is 32.1. The Morgan fingerprint density at radius 3 is 2.74 bits per heavy atom. The minimum Gasteiger partial charge on any atom is -0.396 e. The van der Waals surface area contributed by atoms with Gasteiger partial charge in [0.05, 0.1) is 11.9 Å². The van der Waals surface area contributed by atoms with Crippen LogP contribution >= 0.6 is 11.3 Å². The molecule has 3 N–H and O–H groups in total. The largest absolute Gasteiger partial charge is 0.396 e. The number of hydrogen-bond acceptors (Lipinski definition) is 6. The van der Waals surface area contributed by atoms with Crippen LogP contribution in [0.1, 0.15) is 21.7 Å². The van der Waals surface area contributed by atoms with E-state index >= 15 is 0 Å². The second-order valence-corrected chi connectivity index (χ2v) is 5.03. The average molecular weight is 272 g/mol. The summed E-state index contributed by atoms with van der Waals surface area (Å²) in [5, 5.41) is 25.9. The van der Waals surface area contributed by atoms with Crippen molar-refractivity contribution in [2.45, 2.75) is 13.5 Å². The second-order valence-electron chi connectivity index (χ2n) is 4.00. The maximum atomic E-state index is 9.07. The highest BCUT2D eigenvalue weighted by Gasteiger charge is 2.15. The first-order valence-corrected chi connectivity index (χ1v) is 6.34. The van der Waals surface area contributed by atoms with E-state index in [1.54, 1.807) is 10.9 Å². The smallest absolute Gasteiger partial charge is 0.131 e. The third-order valence-electron chi connectivity index (χ3n) is 2.93. The van der Waals surface area contributed by atoms with E-state index in [0.29, 0.717) is 22.0 Å². The second kappa shape index (κ2) is 5.01. The van der Waals surface area contributed by atoms with Gasteiger partial charge in [-0.2, -0.15) is 15.6 Å². The van der Waals surface area contributed by atoms with Crippen LogP contribution in [0.3, 0.4) is 0 Å². The molecule has 0 aliphatic rings. The minimum atomic E-state index is 0.250. The van der Waals surface area contributed by atoms with Crippen LogP contribution in [0.2, 0.25) is 0 Å². The predicted octanol–water partition coefficient (Wildman–Crippen LogP) is 1.73. The number of nitrogens with zero attached hydrogens (tertiary/aromatic N) is 4. The molecule has 0 atom stereocenters. The molecule has 2 aromatic rings. The molecule has 19 heavy (non-hydrogen) atoms. The van der Waals surface area contributed by atoms with Crippen molar-refractivity contribution in [3.05, 3.63) is 27.9 Å². The Hall–Kier alpha value is -2.51. The van der Waals surface area contributed by atoms with Crippen LogP contribution in [0.25, 0.3) is 0 Å². The highest BCUT2D eigenvalue weighted by molar-refractivity contribution is 7.17. The van der Waals surface area contributed by atoms with E-state index in [2.05, 4.69) is 10.4 Å². The fraction of sp³-hybridized carbons (Fsp3) is 0.250. The van der Waals surface area contributed by atoms with Crippen LogP contribution in [-0.4, -0.2) is 9.78 Å². The molecule has 96 valence electrons. The molecule has 0 saturated heterocycles. The number of hydrogen-bond donors (Lipinski definition) is 2. The Balaban J connectivity index is 2.24. The van der Waals surface area contributed by atoms with E-state index in [4.69, 9.17) is 16.3 Å². The van der Waals surface area contributed by atoms with Gasteiger partial charge in [0.25, 0.3) is 0 Å². The summed E-state index contributed by atoms with van der Waals surface area (Å²) in [6, 6.07) is 4.02. The van der Waals surface area contributed by atoms with Gasteiger partial charge in [-0.3, -0.25) is 4.68 Å². The first kappa shape index (κ1) is 12.9. The van der Waals surface area contributed by atoms with E-state index in [1.807, 2.05) is 26.1 Å². The summed E-state index contributed by atoms with van der Waals surface area (Å²) < 4.78 is 1.78. The first-order chi connectivity index (χ1) is 9.08. The molecule has 0 aromatic carbocycles. The molecule has 6 nitrogen and oxygen atoms in total. The number of nitrogens with two attached hydrogens (primary N) is 1. The molecule has 2 rings (SSSR count). The maximum absolute atomic E-state index is 9.07. The van der Waals surface area contributed by atoms with E-state index in [0.717, 1.165) is 11.3 Å². The quantitative estimate of drug-likeness (QED) is 0.885. The van der Waals surface area contributed by atoms with Gasteiger partial charge in [-0.1, -0.05) is 0 Å². The Labute approximate surface area is 114 Å². The normalized spacial score (nSPS) is 9.89. The molecule has 2 aromatic heterocycles. The van der Waals surface area contributed by atoms with E-state index < -0.39 is 0 Å². The molecule has 0 saturated carbocycles. The number of aryl methyl sites for hydroxylation is 1. The third-order valence-corrected chi connectivity index (χ3v) is 4.00. The molecular weight excluding hydrogens is 260 g/mol. The van der Waals surface area contributed by atoms with Crippen molar-refractivity contribution >= 4 is 22.0 Å². The molecule has 7 heteroatoms. The molecule has 2 heterocycles. The predicted molar refractivity (Wildman–Crippen MR) is 73.4 cm³/mol. The Kier molecular flexibility index (Phi) is 3.41. The fourth-order valence-electron chi connectivity index (χ4n) is 1.66. The summed E-state index contributed by atoms with van der Waals surface area (Å²) in [5.41, 5.74) is 8.41. The van der Waals surface area contributed by atoms with Crippen molar-refractivity contribution in [3.8, 4) is 12.1 Å². The standard InChI is InChI=1S/C12H12N6S/c1-7-8(6-17-18(7)2)5-16-12-9(3-13)11(15)10(4-14)19-12/h6,16H,5,15H2,1-2H3. The van der Waals surface area contributed by atoms with E-state index in [1.165, 1.54) is 11.3 Å². The zero-order valence-corrected chi connectivity index (χ0v) is 11.4. The van der Waals surface area contributed by atoms with Gasteiger partial charge in [0.2, 0.25) is 0 Å². The number of nitriles is 2. The van der Waals surface area contributed by atoms with Crippen molar-refractivity contribution in [1.29, 1.82) is 10.5 Å². The van der Waals surface area contributed by atoms with Crippen molar-refractivity contribution in [3.63, 3.8) is 0 Å². The summed E-state index contributed by atoms with van der Waals surface area (Å²) in [6.07, 6.45) is 1.77. The molecule has 0 radical (unpaired) electrons. The topological polar surface area (TPSA) is 103 Å². The van der Waals surface area contributed by atoms with E-state index in [9.17, 15) is 0 Å². The number of thiophene rings is 1. The van der Waals surface area contributed by atoms with Gasteiger partial charge in [-0.25, -0.2) is 0 Å². The lowest BCUT2D eigenvalue weighted by molar-refractivity contribution is 0.738. The zero-order valence-electron chi connectivity index (χ0n) is 10.6. The number of aromatic nitrogens is 2. The highest BCUT2D eigenvalue weighted by Crippen LogP contribution is 2.34. The van der Waals surface area contributed by atoms with Crippen LogP contribution in [-0.2, 0) is 13.6 Å². The maximum Gasteiger partial charge on any atom is 0.131 e. The van der Waals surface area contributed by atoms with Gasteiger partial charge in [-0.15, -0.1) is 11.3 Å². The van der Waals surface area contributed by atoms with Crippen molar-refractivity contribution in [1.82, 2.24) is 9.78 Å². The third kappa shape index (κ3) is 2.24. The van der Waals surface area contributed by atoms with Gasteiger partial charge in [0.1, 0.15) is 27.6 Å². The molecule has 0 fully saturated rings. The van der Waals surface area contributed by atoms with Crippen LogP contribution in [0.4, 0.5) is 10.7 Å². The number of rotatable bonds is 3. The van der Waals surface area contributed by atoms with Gasteiger partial charge in [0.15, 0.2) is 0 Å².